The second kappa shape index (κ2) is 12.6. The minimum Gasteiger partial charge on any atom is -0.462 e. The molecular formula is C57H60O2Si. The van der Waals surface area contributed by atoms with Gasteiger partial charge in [0.15, 0.2) is 0 Å². The first-order chi connectivity index (χ1) is 28.5. The number of rotatable bonds is 6. The smallest absolute Gasteiger partial charge is 0.130 e. The molecule has 11 rings (SSSR count). The number of aryl methyl sites for hydroxylation is 2. The van der Waals surface area contributed by atoms with Gasteiger partial charge >= 0.3 is 0 Å². The molecule has 4 aromatic carbocycles. The Labute approximate surface area is 358 Å². The summed E-state index contributed by atoms with van der Waals surface area (Å²) in [5.74, 6) is 4.04. The van der Waals surface area contributed by atoms with Crippen molar-refractivity contribution in [2.75, 3.05) is 0 Å². The number of hydrogen-bond acceptors (Lipinski definition) is 2. The highest BCUT2D eigenvalue weighted by Gasteiger charge is 2.60. The SMILES string of the molecule is Cc1ccc(C2=Cc3c(cc4c(c3-c3ccccc3)C(C)(C)CC4(C)C)C2[Si]2(C3C(c4ccc(C)o4)=Cc4c3cc3c(c4-c4ccccc4)C(C)(C)CC3(C)C)CCC2)o1. The van der Waals surface area contributed by atoms with Gasteiger partial charge in [-0.25, -0.2) is 0 Å². The molecular weight excluding hydrogens is 745 g/mol. The van der Waals surface area contributed by atoms with Crippen molar-refractivity contribution in [2.45, 2.75) is 133 Å². The van der Waals surface area contributed by atoms with Crippen LogP contribution in [0.4, 0.5) is 0 Å². The quantitative estimate of drug-likeness (QED) is 0.157. The topological polar surface area (TPSA) is 26.3 Å². The third-order valence-corrected chi connectivity index (χ3v) is 21.9. The number of hydrogen-bond donors (Lipinski definition) is 0. The lowest BCUT2D eigenvalue weighted by Gasteiger charge is -2.51. The van der Waals surface area contributed by atoms with Gasteiger partial charge in [-0.2, -0.15) is 0 Å². The van der Waals surface area contributed by atoms with E-state index in [9.17, 15) is 0 Å². The lowest BCUT2D eigenvalue weighted by atomic mass is 9.79. The van der Waals surface area contributed by atoms with E-state index in [1.165, 1.54) is 63.0 Å². The third kappa shape index (κ3) is 5.30. The third-order valence-electron chi connectivity index (χ3n) is 15.8. The van der Waals surface area contributed by atoms with Crippen molar-refractivity contribution >= 4 is 31.4 Å². The normalized spacial score (nSPS) is 23.0. The first kappa shape index (κ1) is 38.1. The lowest BCUT2D eigenvalue weighted by molar-refractivity contribution is 0.403. The van der Waals surface area contributed by atoms with Crippen LogP contribution in [0.15, 0.2) is 106 Å². The Morgan fingerprint density at radius 2 is 0.900 bits per heavy atom. The molecule has 60 heavy (non-hydrogen) atoms. The summed E-state index contributed by atoms with van der Waals surface area (Å²) in [4.78, 5) is 0. The molecule has 0 amide bonds. The van der Waals surface area contributed by atoms with Crippen molar-refractivity contribution in [2.24, 2.45) is 0 Å². The average molecular weight is 805 g/mol. The monoisotopic (exact) mass is 804 g/mol. The van der Waals surface area contributed by atoms with Crippen LogP contribution in [-0.2, 0) is 21.7 Å². The fraction of sp³-hybridized carbons (Fsp3) is 0.368. The molecule has 304 valence electrons. The summed E-state index contributed by atoms with van der Waals surface area (Å²) >= 11 is 0. The summed E-state index contributed by atoms with van der Waals surface area (Å²) in [5.41, 5.74) is 21.2. The highest BCUT2D eigenvalue weighted by Crippen LogP contribution is 2.67. The Bertz CT molecular complexity index is 2620. The van der Waals surface area contributed by atoms with Crippen molar-refractivity contribution in [3.05, 3.63) is 165 Å². The first-order valence-corrected chi connectivity index (χ1v) is 25.2. The minimum atomic E-state index is -2.39. The van der Waals surface area contributed by atoms with Gasteiger partial charge in [-0.1, -0.05) is 147 Å². The molecule has 2 aromatic heterocycles. The van der Waals surface area contributed by atoms with Crippen LogP contribution < -0.4 is 0 Å². The van der Waals surface area contributed by atoms with Gasteiger partial charge in [-0.3, -0.25) is 0 Å². The Kier molecular flexibility index (Phi) is 8.00. The summed E-state index contributed by atoms with van der Waals surface area (Å²) in [7, 11) is -2.39. The highest BCUT2D eigenvalue weighted by molar-refractivity contribution is 6.88. The van der Waals surface area contributed by atoms with Gasteiger partial charge in [-0.15, -0.1) is 0 Å². The summed E-state index contributed by atoms with van der Waals surface area (Å²) in [6.45, 7) is 24.1. The molecule has 2 atom stereocenters. The molecule has 3 heterocycles. The van der Waals surface area contributed by atoms with Gasteiger partial charge in [0.05, 0.1) is 8.07 Å². The van der Waals surface area contributed by atoms with Crippen LogP contribution >= 0.6 is 0 Å². The zero-order chi connectivity index (χ0) is 41.7. The molecule has 1 fully saturated rings. The second-order valence-corrected chi connectivity index (χ2v) is 26.6. The van der Waals surface area contributed by atoms with Crippen LogP contribution in [0.25, 0.3) is 45.6 Å². The Morgan fingerprint density at radius 3 is 1.23 bits per heavy atom. The second-order valence-electron chi connectivity index (χ2n) is 21.9. The molecule has 4 aliphatic carbocycles. The number of benzene rings is 4. The van der Waals surface area contributed by atoms with E-state index in [1.54, 1.807) is 33.4 Å². The molecule has 0 radical (unpaired) electrons. The van der Waals surface area contributed by atoms with Crippen molar-refractivity contribution in [1.29, 1.82) is 0 Å². The molecule has 1 saturated heterocycles. The molecule has 0 spiro atoms. The first-order valence-electron chi connectivity index (χ1n) is 22.6. The Hall–Kier alpha value is -4.86. The van der Waals surface area contributed by atoms with Crippen LogP contribution in [0.3, 0.4) is 0 Å². The molecule has 0 N–H and O–H groups in total. The molecule has 1 aliphatic heterocycles. The molecule has 5 aliphatic rings. The average Bonchev–Trinajstić information content (AvgIpc) is 4.02. The summed E-state index contributed by atoms with van der Waals surface area (Å²) in [5, 5.41) is 0. The molecule has 6 aromatic rings. The molecule has 3 heteroatoms. The fourth-order valence-electron chi connectivity index (χ4n) is 14.1. The fourth-order valence-corrected chi connectivity index (χ4v) is 20.1. The van der Waals surface area contributed by atoms with E-state index in [1.807, 2.05) is 0 Å². The summed E-state index contributed by atoms with van der Waals surface area (Å²) in [6, 6.07) is 39.6. The van der Waals surface area contributed by atoms with E-state index >= 15 is 0 Å². The van der Waals surface area contributed by atoms with E-state index < -0.39 is 8.07 Å². The number of furan rings is 2. The van der Waals surface area contributed by atoms with E-state index in [2.05, 4.69) is 178 Å². The number of fused-ring (bicyclic) bond motifs is 4. The van der Waals surface area contributed by atoms with Gasteiger partial charge in [0.2, 0.25) is 0 Å². The standard InChI is InChI=1S/C57H60O2Si/c1-34-22-24-46(58-34)42-28-38-40(30-44-50(56(7,8)32-54(44,3)4)48(38)36-18-13-11-14-19-36)52(42)60(26-17-27-60)53-41-31-45-51(57(9,10)33-55(45,5)6)49(37-20-15-12-16-21-37)39(41)29-43(53)47-25-23-35(2)59-47/h11-16,18-25,28-31,52-53H,17,26-27,32-33H2,1-10H3. The van der Waals surface area contributed by atoms with Gasteiger partial charge in [0.25, 0.3) is 0 Å². The van der Waals surface area contributed by atoms with Crippen molar-refractivity contribution in [1.82, 2.24) is 0 Å². The molecule has 0 bridgehead atoms. The largest absolute Gasteiger partial charge is 0.462 e. The minimum absolute atomic E-state index is 0.0459. The Morgan fingerprint density at radius 1 is 0.500 bits per heavy atom. The van der Waals surface area contributed by atoms with Crippen LogP contribution in [0.2, 0.25) is 12.1 Å². The van der Waals surface area contributed by atoms with Crippen molar-refractivity contribution < 1.29 is 8.83 Å². The van der Waals surface area contributed by atoms with E-state index in [0.29, 0.717) is 0 Å². The zero-order valence-corrected chi connectivity index (χ0v) is 38.4. The Balaban J connectivity index is 1.23. The predicted molar refractivity (Wildman–Crippen MR) is 253 cm³/mol. The molecule has 0 saturated carbocycles. The molecule has 2 nitrogen and oxygen atoms in total. The van der Waals surface area contributed by atoms with Crippen LogP contribution in [0, 0.1) is 13.8 Å². The van der Waals surface area contributed by atoms with Crippen LogP contribution in [-0.4, -0.2) is 8.07 Å². The van der Waals surface area contributed by atoms with Crippen LogP contribution in [0.5, 0.6) is 0 Å². The van der Waals surface area contributed by atoms with Gasteiger partial charge in [0.1, 0.15) is 23.0 Å². The van der Waals surface area contributed by atoms with Crippen molar-refractivity contribution in [3.8, 4) is 22.3 Å². The summed E-state index contributed by atoms with van der Waals surface area (Å²) < 4.78 is 13.6. The lowest BCUT2D eigenvalue weighted by Crippen LogP contribution is -2.53. The maximum atomic E-state index is 6.78. The van der Waals surface area contributed by atoms with Crippen LogP contribution in [0.1, 0.15) is 153 Å². The molecule has 2 unspecified atom stereocenters. The zero-order valence-electron chi connectivity index (χ0n) is 37.4. The van der Waals surface area contributed by atoms with Gasteiger partial charge < -0.3 is 8.83 Å². The maximum absolute atomic E-state index is 6.78. The number of allylic oxidation sites excluding steroid dienone is 2. The van der Waals surface area contributed by atoms with Gasteiger partial charge in [0, 0.05) is 22.2 Å². The van der Waals surface area contributed by atoms with Gasteiger partial charge in [-0.05, 0) is 152 Å². The van der Waals surface area contributed by atoms with E-state index in [4.69, 9.17) is 8.83 Å². The van der Waals surface area contributed by atoms with E-state index in [-0.39, 0.29) is 32.7 Å². The maximum Gasteiger partial charge on any atom is 0.130 e. The highest BCUT2D eigenvalue weighted by atomic mass is 28.3. The van der Waals surface area contributed by atoms with Crippen molar-refractivity contribution in [3.63, 3.8) is 0 Å². The predicted octanol–water partition coefficient (Wildman–Crippen LogP) is 15.6. The summed E-state index contributed by atoms with van der Waals surface area (Å²) in [6.07, 6.45) is 8.76. The van der Waals surface area contributed by atoms with E-state index in [0.717, 1.165) is 35.9 Å².